The molecule has 0 heterocycles. The third-order valence-electron chi connectivity index (χ3n) is 3.99. The van der Waals surface area contributed by atoms with Crippen molar-refractivity contribution in [1.82, 2.24) is 20.3 Å². The van der Waals surface area contributed by atoms with Crippen molar-refractivity contribution in [3.8, 4) is 0 Å². The van der Waals surface area contributed by atoms with E-state index in [0.717, 1.165) is 0 Å². The Morgan fingerprint density at radius 2 is 1.63 bits per heavy atom. The first-order valence-electron chi connectivity index (χ1n) is 9.17. The van der Waals surface area contributed by atoms with Gasteiger partial charge in [-0.25, -0.2) is 13.2 Å². The lowest BCUT2D eigenvalue weighted by Crippen LogP contribution is -2.44. The van der Waals surface area contributed by atoms with E-state index in [1.54, 1.807) is 13.8 Å². The molecular formula is C18H26N4O7S. The van der Waals surface area contributed by atoms with Crippen LogP contribution < -0.4 is 16.0 Å². The molecule has 1 atom stereocenters. The van der Waals surface area contributed by atoms with Crippen LogP contribution in [0.4, 0.5) is 4.79 Å². The molecule has 1 rings (SSSR count). The molecule has 3 N–H and O–H groups in total. The van der Waals surface area contributed by atoms with Crippen molar-refractivity contribution in [2.24, 2.45) is 0 Å². The molecule has 166 valence electrons. The van der Waals surface area contributed by atoms with Crippen LogP contribution in [0.25, 0.3) is 0 Å². The van der Waals surface area contributed by atoms with E-state index in [9.17, 15) is 27.6 Å². The maximum Gasteiger partial charge on any atom is 0.326 e. The van der Waals surface area contributed by atoms with E-state index in [-0.39, 0.29) is 10.5 Å². The lowest BCUT2D eigenvalue weighted by molar-refractivity contribution is -0.153. The van der Waals surface area contributed by atoms with Crippen LogP contribution in [0.3, 0.4) is 0 Å². The number of ether oxygens (including phenoxy) is 1. The minimum Gasteiger partial charge on any atom is -0.451 e. The smallest absolute Gasteiger partial charge is 0.326 e. The number of benzene rings is 1. The zero-order chi connectivity index (χ0) is 22.9. The summed E-state index contributed by atoms with van der Waals surface area (Å²) in [6.07, 6.45) is -1.24. The Kier molecular flexibility index (Phi) is 9.40. The first kappa shape index (κ1) is 25.0. The minimum atomic E-state index is -3.64. The van der Waals surface area contributed by atoms with Crippen molar-refractivity contribution < 1.29 is 32.3 Å². The first-order valence-corrected chi connectivity index (χ1v) is 10.6. The molecule has 30 heavy (non-hydrogen) atoms. The monoisotopic (exact) mass is 442 g/mol. The molecule has 0 spiro atoms. The fourth-order valence-electron chi connectivity index (χ4n) is 2.31. The van der Waals surface area contributed by atoms with Gasteiger partial charge in [-0.2, -0.15) is 4.31 Å². The van der Waals surface area contributed by atoms with Crippen LogP contribution in [0.1, 0.15) is 31.1 Å². The Bertz CT molecular complexity index is 880. The molecule has 0 saturated carbocycles. The zero-order valence-corrected chi connectivity index (χ0v) is 18.0. The summed E-state index contributed by atoms with van der Waals surface area (Å²) in [6, 6.07) is 4.54. The van der Waals surface area contributed by atoms with Gasteiger partial charge in [-0.05, 0) is 31.2 Å². The van der Waals surface area contributed by atoms with E-state index >= 15 is 0 Å². The van der Waals surface area contributed by atoms with Gasteiger partial charge in [-0.1, -0.05) is 13.8 Å². The normalized spacial score (nSPS) is 12.0. The Balaban J connectivity index is 2.64. The van der Waals surface area contributed by atoms with Crippen molar-refractivity contribution in [3.05, 3.63) is 29.8 Å². The fraction of sp³-hybridized carbons (Fsp3) is 0.444. The molecule has 12 heteroatoms. The summed E-state index contributed by atoms with van der Waals surface area (Å²) in [5, 5.41) is 6.45. The summed E-state index contributed by atoms with van der Waals surface area (Å²) in [5.74, 6) is -2.33. The van der Waals surface area contributed by atoms with Crippen molar-refractivity contribution in [1.29, 1.82) is 0 Å². The maximum atomic E-state index is 12.4. The topological polar surface area (TPSA) is 151 Å². The van der Waals surface area contributed by atoms with Crippen molar-refractivity contribution >= 4 is 33.8 Å². The summed E-state index contributed by atoms with van der Waals surface area (Å²) in [4.78, 5) is 46.7. The van der Waals surface area contributed by atoms with Gasteiger partial charge in [0.15, 0.2) is 6.10 Å². The first-order chi connectivity index (χ1) is 14.1. The quantitative estimate of drug-likeness (QED) is 0.449. The van der Waals surface area contributed by atoms with Crippen LogP contribution in [0.2, 0.25) is 0 Å². The summed E-state index contributed by atoms with van der Waals surface area (Å²) in [7, 11) is -2.32. The molecule has 0 aliphatic carbocycles. The van der Waals surface area contributed by atoms with Crippen molar-refractivity contribution in [2.75, 3.05) is 26.7 Å². The zero-order valence-electron chi connectivity index (χ0n) is 17.2. The molecule has 4 amide bonds. The summed E-state index contributed by atoms with van der Waals surface area (Å²) < 4.78 is 31.0. The highest BCUT2D eigenvalue weighted by Gasteiger charge is 2.22. The highest BCUT2D eigenvalue weighted by atomic mass is 32.2. The van der Waals surface area contributed by atoms with Crippen LogP contribution in [0, 0.1) is 0 Å². The summed E-state index contributed by atoms with van der Waals surface area (Å²) in [6.45, 7) is 4.85. The average Bonchev–Trinajstić information content (AvgIpc) is 2.72. The number of hydrogen-bond donors (Lipinski definition) is 3. The fourth-order valence-corrected chi connectivity index (χ4v) is 3.77. The van der Waals surface area contributed by atoms with Crippen LogP contribution in [-0.4, -0.2) is 69.3 Å². The molecule has 1 aromatic carbocycles. The van der Waals surface area contributed by atoms with Gasteiger partial charge in [0, 0.05) is 25.7 Å². The molecule has 0 aliphatic rings. The predicted molar refractivity (Wildman–Crippen MR) is 107 cm³/mol. The van der Waals surface area contributed by atoms with Crippen LogP contribution in [-0.2, 0) is 24.3 Å². The average molecular weight is 442 g/mol. The van der Waals surface area contributed by atoms with E-state index in [0.29, 0.717) is 13.1 Å². The number of amides is 4. The number of carbonyl (C=O) groups is 4. The van der Waals surface area contributed by atoms with Crippen LogP contribution in [0.5, 0.6) is 0 Å². The second-order valence-electron chi connectivity index (χ2n) is 6.00. The lowest BCUT2D eigenvalue weighted by atomic mass is 10.2. The standard InChI is InChI=1S/C18H26N4O7S/c1-5-22(6-2)30(27,28)14-9-7-13(8-10-14)17(25)20-11-15(23)29-12(3)16(24)21-18(26)19-4/h7-10,12H,5-6,11H2,1-4H3,(H,20,25)(H2,19,21,24,26). The molecule has 1 unspecified atom stereocenters. The van der Waals surface area contributed by atoms with Gasteiger partial charge in [0.25, 0.3) is 11.8 Å². The van der Waals surface area contributed by atoms with Crippen molar-refractivity contribution in [3.63, 3.8) is 0 Å². The number of nitrogens with one attached hydrogen (secondary N) is 3. The highest BCUT2D eigenvalue weighted by molar-refractivity contribution is 7.89. The number of carbonyl (C=O) groups excluding carboxylic acids is 4. The van der Waals surface area contributed by atoms with E-state index in [1.165, 1.54) is 42.5 Å². The Morgan fingerprint density at radius 1 is 1.07 bits per heavy atom. The maximum absolute atomic E-state index is 12.4. The van der Waals surface area contributed by atoms with Gasteiger partial charge in [0.1, 0.15) is 6.54 Å². The van der Waals surface area contributed by atoms with E-state index in [1.807, 2.05) is 5.32 Å². The molecule has 0 aromatic heterocycles. The number of hydrogen-bond acceptors (Lipinski definition) is 7. The van der Waals surface area contributed by atoms with Crippen LogP contribution >= 0.6 is 0 Å². The molecule has 11 nitrogen and oxygen atoms in total. The number of rotatable bonds is 9. The molecule has 0 fully saturated rings. The third-order valence-corrected chi connectivity index (χ3v) is 6.06. The van der Waals surface area contributed by atoms with Gasteiger partial charge >= 0.3 is 12.0 Å². The number of sulfonamides is 1. The SMILES string of the molecule is CCN(CC)S(=O)(=O)c1ccc(C(=O)NCC(=O)OC(C)C(=O)NC(=O)NC)cc1. The largest absolute Gasteiger partial charge is 0.451 e. The predicted octanol–water partition coefficient (Wildman–Crippen LogP) is -0.166. The third kappa shape index (κ3) is 6.81. The molecule has 0 radical (unpaired) electrons. The second-order valence-corrected chi connectivity index (χ2v) is 7.93. The van der Waals surface area contributed by atoms with Gasteiger partial charge < -0.3 is 15.4 Å². The van der Waals surface area contributed by atoms with Crippen molar-refractivity contribution in [2.45, 2.75) is 31.8 Å². The van der Waals surface area contributed by atoms with E-state index in [4.69, 9.17) is 4.74 Å². The molecule has 1 aromatic rings. The lowest BCUT2D eigenvalue weighted by Gasteiger charge is -2.18. The van der Waals surface area contributed by atoms with Gasteiger partial charge in [0.05, 0.1) is 4.90 Å². The van der Waals surface area contributed by atoms with Gasteiger partial charge in [-0.3, -0.25) is 19.7 Å². The number of urea groups is 1. The molecule has 0 aliphatic heterocycles. The van der Waals surface area contributed by atoms with Crippen LogP contribution in [0.15, 0.2) is 29.2 Å². The minimum absolute atomic E-state index is 0.0538. The molecule has 0 bridgehead atoms. The second kappa shape index (κ2) is 11.3. The Hall–Kier alpha value is -2.99. The Labute approximate surface area is 175 Å². The molecule has 0 saturated heterocycles. The van der Waals surface area contributed by atoms with Gasteiger partial charge in [0.2, 0.25) is 10.0 Å². The van der Waals surface area contributed by atoms with E-state index < -0.39 is 46.5 Å². The highest BCUT2D eigenvalue weighted by Crippen LogP contribution is 2.16. The Morgan fingerprint density at radius 3 is 2.13 bits per heavy atom. The number of esters is 1. The summed E-state index contributed by atoms with van der Waals surface area (Å²) >= 11 is 0. The van der Waals surface area contributed by atoms with E-state index in [2.05, 4.69) is 10.6 Å². The number of nitrogens with zero attached hydrogens (tertiary/aromatic N) is 1. The number of imide groups is 1. The van der Waals surface area contributed by atoms with Gasteiger partial charge in [-0.15, -0.1) is 0 Å². The molecular weight excluding hydrogens is 416 g/mol. The summed E-state index contributed by atoms with van der Waals surface area (Å²) in [5.41, 5.74) is 0.145.